The first-order valence-corrected chi connectivity index (χ1v) is 15.3. The topological polar surface area (TPSA) is 99.1 Å². The molecule has 4 unspecified atom stereocenters. The number of hydrogen-bond acceptors (Lipinski definition) is 4. The van der Waals surface area contributed by atoms with Crippen molar-refractivity contribution in [3.8, 4) is 0 Å². The van der Waals surface area contributed by atoms with E-state index in [9.17, 15) is 18.8 Å². The van der Waals surface area contributed by atoms with Gasteiger partial charge in [-0.2, -0.15) is 0 Å². The molecule has 4 atom stereocenters. The Hall–Kier alpha value is -2.74. The molecule has 1 aliphatic heterocycles. The molecule has 0 saturated heterocycles. The van der Waals surface area contributed by atoms with Crippen molar-refractivity contribution < 1.29 is 23.9 Å². The molecule has 1 heterocycles. The number of aliphatic carboxylic acids is 1. The van der Waals surface area contributed by atoms with Crippen LogP contribution in [0.3, 0.4) is 0 Å². The molecule has 1 spiro atoms. The molecule has 0 aromatic heterocycles. The summed E-state index contributed by atoms with van der Waals surface area (Å²) in [5.41, 5.74) is 1.87. The Balaban J connectivity index is 1.70. The first-order chi connectivity index (χ1) is 19.4. The number of nitrogens with zero attached hydrogens (tertiary/aromatic N) is 2. The van der Waals surface area contributed by atoms with Gasteiger partial charge in [0.25, 0.3) is 5.91 Å². The molecule has 224 valence electrons. The SMILES string of the molecule is CC(C)CCC(C1=CC=C(C(=O)NCCC(=O)O)CC1)N1C(=O)C(C2=CC(Cl)=CC(F)C2)=NC12CC(C)CC(C)C2. The van der Waals surface area contributed by atoms with Crippen LogP contribution in [-0.2, 0) is 14.4 Å². The molecule has 1 saturated carbocycles. The maximum absolute atomic E-state index is 14.5. The Morgan fingerprint density at radius 1 is 1.20 bits per heavy atom. The van der Waals surface area contributed by atoms with E-state index in [0.29, 0.717) is 47.5 Å². The van der Waals surface area contributed by atoms with Crippen molar-refractivity contribution in [3.63, 3.8) is 0 Å². The molecular formula is C32H43ClFN3O4. The van der Waals surface area contributed by atoms with Gasteiger partial charge >= 0.3 is 5.97 Å². The minimum Gasteiger partial charge on any atom is -0.481 e. The largest absolute Gasteiger partial charge is 0.481 e. The Labute approximate surface area is 247 Å². The number of allylic oxidation sites excluding steroid dienone is 5. The standard InChI is InChI=1S/C32H43ClFN3O4/c1-19(2)5-10-27(22-6-8-23(9-7-22)30(40)35-12-11-28(38)39)37-31(41)29(24-14-25(33)16-26(34)15-24)36-32(37)17-20(3)13-21(4)18-32/h6,8,14,16,19-21,26-27H,5,7,9-13,15,17-18H2,1-4H3,(H,35,40)(H,38,39). The smallest absolute Gasteiger partial charge is 0.305 e. The molecule has 4 aliphatic rings. The summed E-state index contributed by atoms with van der Waals surface area (Å²) in [4.78, 5) is 45.0. The summed E-state index contributed by atoms with van der Waals surface area (Å²) < 4.78 is 14.5. The molecule has 4 rings (SSSR count). The number of alkyl halides is 1. The highest BCUT2D eigenvalue weighted by Crippen LogP contribution is 2.48. The number of carboxylic acid groups (broad SMARTS) is 1. The van der Waals surface area contributed by atoms with E-state index in [1.165, 1.54) is 6.08 Å². The van der Waals surface area contributed by atoms with E-state index in [0.717, 1.165) is 37.7 Å². The average molecular weight is 588 g/mol. The summed E-state index contributed by atoms with van der Waals surface area (Å²) >= 11 is 6.24. The normalized spacial score (nSPS) is 29.0. The van der Waals surface area contributed by atoms with Gasteiger partial charge in [0.2, 0.25) is 5.91 Å². The van der Waals surface area contributed by atoms with Crippen molar-refractivity contribution in [2.24, 2.45) is 22.7 Å². The second-order valence-corrected chi connectivity index (χ2v) is 13.2. The lowest BCUT2D eigenvalue weighted by Gasteiger charge is -2.48. The number of rotatable bonds is 10. The lowest BCUT2D eigenvalue weighted by Crippen LogP contribution is -2.56. The van der Waals surface area contributed by atoms with E-state index in [1.807, 2.05) is 11.0 Å². The fourth-order valence-electron chi connectivity index (χ4n) is 6.96. The Morgan fingerprint density at radius 2 is 1.90 bits per heavy atom. The summed E-state index contributed by atoms with van der Waals surface area (Å²) in [6.07, 6.45) is 10.9. The van der Waals surface area contributed by atoms with Gasteiger partial charge in [-0.15, -0.1) is 0 Å². The predicted molar refractivity (Wildman–Crippen MR) is 159 cm³/mol. The van der Waals surface area contributed by atoms with Crippen molar-refractivity contribution in [2.45, 2.75) is 103 Å². The van der Waals surface area contributed by atoms with Gasteiger partial charge in [-0.1, -0.05) is 51.4 Å². The quantitative estimate of drug-likeness (QED) is 0.315. The maximum Gasteiger partial charge on any atom is 0.305 e. The van der Waals surface area contributed by atoms with E-state index in [-0.39, 0.29) is 42.3 Å². The molecule has 7 nitrogen and oxygen atoms in total. The molecule has 9 heteroatoms. The van der Waals surface area contributed by atoms with Crippen LogP contribution in [0, 0.1) is 17.8 Å². The fraction of sp³-hybridized carbons (Fsp3) is 0.625. The van der Waals surface area contributed by atoms with Crippen LogP contribution in [0.4, 0.5) is 4.39 Å². The highest BCUT2D eigenvalue weighted by atomic mass is 35.5. The third-order valence-corrected chi connectivity index (χ3v) is 8.81. The van der Waals surface area contributed by atoms with Gasteiger partial charge in [0, 0.05) is 23.6 Å². The van der Waals surface area contributed by atoms with Gasteiger partial charge in [-0.3, -0.25) is 19.4 Å². The molecule has 2 N–H and O–H groups in total. The highest BCUT2D eigenvalue weighted by Gasteiger charge is 2.53. The van der Waals surface area contributed by atoms with Crippen molar-refractivity contribution in [2.75, 3.05) is 6.54 Å². The number of hydrogen-bond donors (Lipinski definition) is 2. The van der Waals surface area contributed by atoms with E-state index < -0.39 is 17.8 Å². The second-order valence-electron chi connectivity index (χ2n) is 12.7. The molecule has 2 amide bonds. The van der Waals surface area contributed by atoms with E-state index >= 15 is 0 Å². The monoisotopic (exact) mass is 587 g/mol. The van der Waals surface area contributed by atoms with Gasteiger partial charge in [0.1, 0.15) is 17.5 Å². The molecule has 0 aromatic rings. The number of nitrogens with one attached hydrogen (secondary N) is 1. The lowest BCUT2D eigenvalue weighted by atomic mass is 9.75. The van der Waals surface area contributed by atoms with E-state index in [1.54, 1.807) is 12.2 Å². The van der Waals surface area contributed by atoms with Crippen LogP contribution in [0.2, 0.25) is 0 Å². The predicted octanol–water partition coefficient (Wildman–Crippen LogP) is 6.26. The van der Waals surface area contributed by atoms with E-state index in [2.05, 4.69) is 33.0 Å². The van der Waals surface area contributed by atoms with Crippen LogP contribution in [0.25, 0.3) is 0 Å². The lowest BCUT2D eigenvalue weighted by molar-refractivity contribution is -0.137. The molecule has 3 aliphatic carbocycles. The van der Waals surface area contributed by atoms with Crippen LogP contribution in [0.1, 0.15) is 85.5 Å². The van der Waals surface area contributed by atoms with Gasteiger partial charge in [0.15, 0.2) is 0 Å². The van der Waals surface area contributed by atoms with Gasteiger partial charge in [-0.25, -0.2) is 4.39 Å². The third kappa shape index (κ3) is 7.37. The number of carbonyl (C=O) groups excluding carboxylic acids is 2. The Morgan fingerprint density at radius 3 is 2.49 bits per heavy atom. The zero-order valence-corrected chi connectivity index (χ0v) is 25.3. The minimum absolute atomic E-state index is 0.0785. The third-order valence-electron chi connectivity index (χ3n) is 8.57. The summed E-state index contributed by atoms with van der Waals surface area (Å²) in [7, 11) is 0. The molecular weight excluding hydrogens is 545 g/mol. The summed E-state index contributed by atoms with van der Waals surface area (Å²) in [5.74, 6) is -0.191. The second kappa shape index (κ2) is 13.1. The van der Waals surface area contributed by atoms with Crippen molar-refractivity contribution in [3.05, 3.63) is 46.1 Å². The number of carbonyl (C=O) groups is 3. The van der Waals surface area contributed by atoms with Crippen molar-refractivity contribution >= 4 is 35.1 Å². The molecule has 0 bridgehead atoms. The first-order valence-electron chi connectivity index (χ1n) is 14.9. The zero-order valence-electron chi connectivity index (χ0n) is 24.6. The Bertz CT molecular complexity index is 1210. The number of amides is 2. The highest BCUT2D eigenvalue weighted by molar-refractivity contribution is 6.47. The van der Waals surface area contributed by atoms with Crippen LogP contribution in [-0.4, -0.2) is 57.9 Å². The zero-order chi connectivity index (χ0) is 29.9. The molecule has 0 aromatic carbocycles. The van der Waals surface area contributed by atoms with Gasteiger partial charge < -0.3 is 15.3 Å². The van der Waals surface area contributed by atoms with Crippen molar-refractivity contribution in [1.29, 1.82) is 0 Å². The first kappa shape index (κ1) is 31.2. The maximum atomic E-state index is 14.5. The van der Waals surface area contributed by atoms with Gasteiger partial charge in [-0.05, 0) is 86.0 Å². The van der Waals surface area contributed by atoms with Crippen LogP contribution >= 0.6 is 11.6 Å². The summed E-state index contributed by atoms with van der Waals surface area (Å²) in [5, 5.41) is 11.8. The Kier molecular flexibility index (Phi) is 9.93. The number of halogens is 2. The van der Waals surface area contributed by atoms with Crippen molar-refractivity contribution in [1.82, 2.24) is 10.2 Å². The molecule has 41 heavy (non-hydrogen) atoms. The van der Waals surface area contributed by atoms with Crippen LogP contribution < -0.4 is 5.32 Å². The minimum atomic E-state index is -1.25. The number of aliphatic imine (C=N–C) groups is 1. The fourth-order valence-corrected chi connectivity index (χ4v) is 7.23. The van der Waals surface area contributed by atoms with E-state index in [4.69, 9.17) is 21.7 Å². The van der Waals surface area contributed by atoms with Gasteiger partial charge in [0.05, 0.1) is 12.5 Å². The molecule has 0 radical (unpaired) electrons. The number of carboxylic acids is 1. The average Bonchev–Trinajstić information content (AvgIpc) is 3.13. The summed E-state index contributed by atoms with van der Waals surface area (Å²) in [6, 6.07) is -0.201. The summed E-state index contributed by atoms with van der Waals surface area (Å²) in [6.45, 7) is 8.84. The molecule has 1 fully saturated rings. The van der Waals surface area contributed by atoms with Crippen LogP contribution in [0.5, 0.6) is 0 Å². The van der Waals surface area contributed by atoms with Crippen LogP contribution in [0.15, 0.2) is 51.0 Å².